The molecular formula is C36H46ClF2N3O3. The number of aliphatic hydroxyl groups excluding tert-OH is 1. The van der Waals surface area contributed by atoms with Gasteiger partial charge in [0.25, 0.3) is 11.8 Å². The fraction of sp³-hybridized carbons (Fsp3) is 0.444. The highest BCUT2D eigenvalue weighted by atomic mass is 35.5. The monoisotopic (exact) mass is 641 g/mol. The summed E-state index contributed by atoms with van der Waals surface area (Å²) in [7, 11) is 0. The van der Waals surface area contributed by atoms with Gasteiger partial charge in [0.1, 0.15) is 11.6 Å². The highest BCUT2D eigenvalue weighted by Gasteiger charge is 2.28. The van der Waals surface area contributed by atoms with Crippen LogP contribution in [0, 0.1) is 18.6 Å². The Hall–Kier alpha value is -3.33. The standard InChI is InChI=1S/C36H45F2N3O3.ClH/c1-4-9-32-12-6-7-13-41(32)36(44)29-15-24(3)14-28(20-29)35(43)40-33(19-27-17-30(37)21-31(38)18-27)34(42)23-39-22-26-11-8-10-25(5-2)16-26;/h8,10-11,14-18,20-21,32-34,39,42H,4-7,9,12-13,19,22-23H2,1-3H3,(H,40,43);1H/t32?,33-,34+;/m0./s1. The van der Waals surface area contributed by atoms with E-state index >= 15 is 0 Å². The third-order valence-corrected chi connectivity index (χ3v) is 8.34. The summed E-state index contributed by atoms with van der Waals surface area (Å²) in [6, 6.07) is 15.8. The number of piperidine rings is 1. The van der Waals surface area contributed by atoms with Crippen molar-refractivity contribution in [2.75, 3.05) is 13.1 Å². The van der Waals surface area contributed by atoms with Crippen molar-refractivity contribution in [2.24, 2.45) is 0 Å². The van der Waals surface area contributed by atoms with Crippen LogP contribution in [0.4, 0.5) is 8.78 Å². The number of carbonyl (C=O) groups excluding carboxylic acids is 2. The second-order valence-corrected chi connectivity index (χ2v) is 12.0. The number of rotatable bonds is 13. The smallest absolute Gasteiger partial charge is 0.254 e. The molecule has 3 N–H and O–H groups in total. The van der Waals surface area contributed by atoms with Crippen molar-refractivity contribution in [2.45, 2.75) is 90.4 Å². The Morgan fingerprint density at radius 2 is 1.67 bits per heavy atom. The van der Waals surface area contributed by atoms with Crippen molar-refractivity contribution >= 4 is 24.2 Å². The maximum Gasteiger partial charge on any atom is 0.254 e. The van der Waals surface area contributed by atoms with Crippen LogP contribution in [0.2, 0.25) is 0 Å². The summed E-state index contributed by atoms with van der Waals surface area (Å²) in [5.41, 5.74) is 4.11. The maximum atomic E-state index is 14.0. The van der Waals surface area contributed by atoms with Crippen LogP contribution >= 0.6 is 12.4 Å². The Morgan fingerprint density at radius 1 is 0.956 bits per heavy atom. The molecule has 0 spiro atoms. The second-order valence-electron chi connectivity index (χ2n) is 12.0. The van der Waals surface area contributed by atoms with E-state index in [-0.39, 0.29) is 37.3 Å². The van der Waals surface area contributed by atoms with Gasteiger partial charge in [-0.3, -0.25) is 9.59 Å². The zero-order chi connectivity index (χ0) is 31.6. The molecule has 0 radical (unpaired) electrons. The number of halogens is 3. The van der Waals surface area contributed by atoms with Gasteiger partial charge in [0.05, 0.1) is 12.1 Å². The van der Waals surface area contributed by atoms with E-state index in [1.807, 2.05) is 24.0 Å². The van der Waals surface area contributed by atoms with Gasteiger partial charge in [0.15, 0.2) is 0 Å². The summed E-state index contributed by atoms with van der Waals surface area (Å²) in [6.45, 7) is 7.40. The van der Waals surface area contributed by atoms with E-state index in [1.165, 1.54) is 17.7 Å². The Morgan fingerprint density at radius 3 is 2.38 bits per heavy atom. The van der Waals surface area contributed by atoms with Gasteiger partial charge in [-0.25, -0.2) is 8.78 Å². The molecule has 1 aliphatic rings. The summed E-state index contributed by atoms with van der Waals surface area (Å²) >= 11 is 0. The Labute approximate surface area is 272 Å². The van der Waals surface area contributed by atoms with E-state index in [1.54, 1.807) is 18.2 Å². The van der Waals surface area contributed by atoms with Crippen LogP contribution < -0.4 is 10.6 Å². The molecule has 3 atom stereocenters. The lowest BCUT2D eigenvalue weighted by molar-refractivity contribution is 0.0600. The highest BCUT2D eigenvalue weighted by molar-refractivity contribution is 6.00. The summed E-state index contributed by atoms with van der Waals surface area (Å²) < 4.78 is 28.0. The lowest BCUT2D eigenvalue weighted by Crippen LogP contribution is -2.48. The fourth-order valence-corrected chi connectivity index (χ4v) is 6.09. The first-order valence-corrected chi connectivity index (χ1v) is 15.8. The van der Waals surface area contributed by atoms with Crippen LogP contribution in [0.3, 0.4) is 0 Å². The number of hydrogen-bond donors (Lipinski definition) is 3. The van der Waals surface area contributed by atoms with Crippen LogP contribution in [0.25, 0.3) is 0 Å². The molecule has 0 saturated carbocycles. The van der Waals surface area contributed by atoms with Gasteiger partial charge in [-0.2, -0.15) is 0 Å². The summed E-state index contributed by atoms with van der Waals surface area (Å²) in [5, 5.41) is 17.3. The Bertz CT molecular complexity index is 1410. The first kappa shape index (κ1) is 36.1. The van der Waals surface area contributed by atoms with E-state index in [2.05, 4.69) is 36.6 Å². The third-order valence-electron chi connectivity index (χ3n) is 8.34. The minimum Gasteiger partial charge on any atom is -0.390 e. The number of carbonyl (C=O) groups is 2. The molecule has 1 fully saturated rings. The molecule has 3 aromatic carbocycles. The molecule has 2 amide bonds. The highest BCUT2D eigenvalue weighted by Crippen LogP contribution is 2.24. The Balaban J connectivity index is 0.00000552. The predicted octanol–water partition coefficient (Wildman–Crippen LogP) is 6.54. The van der Waals surface area contributed by atoms with Crippen molar-refractivity contribution in [1.29, 1.82) is 0 Å². The maximum absolute atomic E-state index is 14.0. The van der Waals surface area contributed by atoms with Crippen molar-refractivity contribution in [1.82, 2.24) is 15.5 Å². The number of likely N-dealkylation sites (tertiary alicyclic amines) is 1. The van der Waals surface area contributed by atoms with Gasteiger partial charge in [-0.1, -0.05) is 44.5 Å². The largest absolute Gasteiger partial charge is 0.390 e. The second kappa shape index (κ2) is 17.4. The SMILES string of the molecule is CCCC1CCCCN1C(=O)c1cc(C)cc(C(=O)N[C@@H](Cc2cc(F)cc(F)c2)[C@H](O)CNCc2cccc(CC)c2)c1.Cl. The van der Waals surface area contributed by atoms with Crippen molar-refractivity contribution in [3.8, 4) is 0 Å². The minimum absolute atomic E-state index is 0. The molecule has 1 aliphatic heterocycles. The number of hydrogen-bond acceptors (Lipinski definition) is 4. The molecule has 1 heterocycles. The van der Waals surface area contributed by atoms with Crippen molar-refractivity contribution in [3.63, 3.8) is 0 Å². The number of aliphatic hydroxyl groups is 1. The topological polar surface area (TPSA) is 81.7 Å². The van der Waals surface area contributed by atoms with Crippen LogP contribution in [0.1, 0.15) is 88.9 Å². The average molecular weight is 642 g/mol. The van der Waals surface area contributed by atoms with Gasteiger partial charge < -0.3 is 20.6 Å². The molecule has 45 heavy (non-hydrogen) atoms. The quantitative estimate of drug-likeness (QED) is 0.198. The molecule has 3 aromatic rings. The molecule has 6 nitrogen and oxygen atoms in total. The van der Waals surface area contributed by atoms with Gasteiger partial charge in [-0.15, -0.1) is 12.4 Å². The third kappa shape index (κ3) is 10.3. The van der Waals surface area contributed by atoms with Crippen LogP contribution in [-0.4, -0.2) is 53.1 Å². The molecular weight excluding hydrogens is 596 g/mol. The van der Waals surface area contributed by atoms with Gasteiger partial charge >= 0.3 is 0 Å². The molecule has 1 saturated heterocycles. The lowest BCUT2D eigenvalue weighted by Gasteiger charge is -2.36. The molecule has 4 rings (SSSR count). The number of aryl methyl sites for hydroxylation is 2. The van der Waals surface area contributed by atoms with Gasteiger partial charge in [-0.05, 0) is 98.0 Å². The number of benzene rings is 3. The zero-order valence-corrected chi connectivity index (χ0v) is 27.3. The van der Waals surface area contributed by atoms with E-state index in [0.717, 1.165) is 55.7 Å². The fourth-order valence-electron chi connectivity index (χ4n) is 6.09. The molecule has 0 bridgehead atoms. The zero-order valence-electron chi connectivity index (χ0n) is 26.5. The number of nitrogens with zero attached hydrogens (tertiary/aromatic N) is 1. The molecule has 0 aromatic heterocycles. The van der Waals surface area contributed by atoms with Crippen LogP contribution in [0.15, 0.2) is 60.7 Å². The van der Waals surface area contributed by atoms with Crippen molar-refractivity contribution < 1.29 is 23.5 Å². The summed E-state index contributed by atoms with van der Waals surface area (Å²) in [4.78, 5) is 29.1. The van der Waals surface area contributed by atoms with Crippen LogP contribution in [0.5, 0.6) is 0 Å². The van der Waals surface area contributed by atoms with E-state index < -0.39 is 29.7 Å². The molecule has 0 aliphatic carbocycles. The molecule has 9 heteroatoms. The Kier molecular flexibility index (Phi) is 14.0. The number of nitrogens with one attached hydrogen (secondary N) is 2. The van der Waals surface area contributed by atoms with Crippen molar-refractivity contribution in [3.05, 3.63) is 106 Å². The molecule has 1 unspecified atom stereocenters. The minimum atomic E-state index is -1.06. The summed E-state index contributed by atoms with van der Waals surface area (Å²) in [6.07, 6.45) is 4.86. The predicted molar refractivity (Wildman–Crippen MR) is 177 cm³/mol. The average Bonchev–Trinajstić information content (AvgIpc) is 3.00. The first-order valence-electron chi connectivity index (χ1n) is 15.8. The summed E-state index contributed by atoms with van der Waals surface area (Å²) in [5.74, 6) is -2.00. The van der Waals surface area contributed by atoms with Gasteiger partial charge in [0, 0.05) is 42.9 Å². The van der Waals surface area contributed by atoms with Crippen LogP contribution in [-0.2, 0) is 19.4 Å². The molecule has 244 valence electrons. The lowest BCUT2D eigenvalue weighted by atomic mass is 9.96. The normalized spacial score (nSPS) is 16.0. The van der Waals surface area contributed by atoms with E-state index in [0.29, 0.717) is 29.8 Å². The van der Waals surface area contributed by atoms with E-state index in [4.69, 9.17) is 0 Å². The van der Waals surface area contributed by atoms with E-state index in [9.17, 15) is 23.5 Å². The number of amides is 2. The first-order chi connectivity index (χ1) is 21.2. The van der Waals surface area contributed by atoms with Gasteiger partial charge in [0.2, 0.25) is 0 Å².